The second-order valence-electron chi connectivity index (χ2n) is 3.62. The molecule has 0 bridgehead atoms. The van der Waals surface area contributed by atoms with Crippen molar-refractivity contribution in [2.24, 2.45) is 0 Å². The van der Waals surface area contributed by atoms with Gasteiger partial charge < -0.3 is 10.4 Å². The van der Waals surface area contributed by atoms with Gasteiger partial charge in [-0.2, -0.15) is 0 Å². The lowest BCUT2D eigenvalue weighted by atomic mass is 10.4. The van der Waals surface area contributed by atoms with Crippen LogP contribution in [0.1, 0.15) is 4.88 Å². The number of aliphatic hydroxyl groups excluding tert-OH is 1. The van der Waals surface area contributed by atoms with Gasteiger partial charge in [0.1, 0.15) is 4.90 Å². The lowest BCUT2D eigenvalue weighted by Gasteiger charge is -2.07. The lowest BCUT2D eigenvalue weighted by Crippen LogP contribution is -2.04. The molecule has 1 aromatic carbocycles. The van der Waals surface area contributed by atoms with Crippen LogP contribution in [0.2, 0.25) is 0 Å². The van der Waals surface area contributed by atoms with Crippen LogP contribution in [-0.4, -0.2) is 20.6 Å². The Balaban J connectivity index is 2.59. The predicted octanol–water partition coefficient (Wildman–Crippen LogP) is 2.11. The van der Waals surface area contributed by atoms with Gasteiger partial charge in [0, 0.05) is 12.4 Å². The first kappa shape index (κ1) is 13.1. The van der Waals surface area contributed by atoms with Crippen LogP contribution in [0.4, 0.5) is 5.69 Å². The van der Waals surface area contributed by atoms with Crippen LogP contribution in [0.25, 0.3) is 0 Å². The van der Waals surface area contributed by atoms with Crippen molar-refractivity contribution in [2.45, 2.75) is 16.4 Å². The molecule has 0 fully saturated rings. The molecule has 18 heavy (non-hydrogen) atoms. The van der Waals surface area contributed by atoms with E-state index >= 15 is 0 Å². The Hall–Kier alpha value is -1.37. The molecular weight excluding hydrogens is 270 g/mol. The summed E-state index contributed by atoms with van der Waals surface area (Å²) in [5, 5.41) is 13.6. The highest BCUT2D eigenvalue weighted by atomic mass is 32.2. The third kappa shape index (κ3) is 2.14. The van der Waals surface area contributed by atoms with E-state index in [0.717, 1.165) is 0 Å². The second-order valence-corrected chi connectivity index (χ2v) is 6.51. The van der Waals surface area contributed by atoms with E-state index in [-0.39, 0.29) is 16.4 Å². The van der Waals surface area contributed by atoms with Crippen LogP contribution in [0, 0.1) is 0 Å². The average molecular weight is 283 g/mol. The highest BCUT2D eigenvalue weighted by Crippen LogP contribution is 2.35. The van der Waals surface area contributed by atoms with E-state index < -0.39 is 9.84 Å². The number of aliphatic hydroxyl groups is 1. The van der Waals surface area contributed by atoms with Crippen molar-refractivity contribution in [1.29, 1.82) is 0 Å². The minimum Gasteiger partial charge on any atom is -0.391 e. The largest absolute Gasteiger partial charge is 0.391 e. The zero-order valence-corrected chi connectivity index (χ0v) is 11.4. The van der Waals surface area contributed by atoms with Crippen molar-refractivity contribution in [3.63, 3.8) is 0 Å². The third-order valence-electron chi connectivity index (χ3n) is 2.57. The Morgan fingerprint density at radius 3 is 2.50 bits per heavy atom. The van der Waals surface area contributed by atoms with Gasteiger partial charge in [0.05, 0.1) is 22.1 Å². The third-order valence-corrected chi connectivity index (χ3v) is 5.48. The van der Waals surface area contributed by atoms with Crippen LogP contribution in [0.15, 0.2) is 45.5 Å². The molecule has 1 aromatic heterocycles. The van der Waals surface area contributed by atoms with E-state index in [1.807, 2.05) is 0 Å². The molecule has 2 N–H and O–H groups in total. The Morgan fingerprint density at radius 2 is 1.94 bits per heavy atom. The summed E-state index contributed by atoms with van der Waals surface area (Å²) in [4.78, 5) is 1.08. The fourth-order valence-electron chi connectivity index (χ4n) is 1.68. The maximum atomic E-state index is 12.4. The number of anilines is 1. The molecule has 0 spiro atoms. The van der Waals surface area contributed by atoms with Crippen LogP contribution >= 0.6 is 11.3 Å². The summed E-state index contributed by atoms with van der Waals surface area (Å²) in [7, 11) is -1.89. The number of rotatable bonds is 4. The molecule has 0 aliphatic carbocycles. The number of sulfone groups is 1. The van der Waals surface area contributed by atoms with Gasteiger partial charge >= 0.3 is 0 Å². The molecule has 0 amide bonds. The summed E-state index contributed by atoms with van der Waals surface area (Å²) in [5.41, 5.74) is 0.478. The highest BCUT2D eigenvalue weighted by molar-refractivity contribution is 7.91. The monoisotopic (exact) mass is 283 g/mol. The molecule has 2 rings (SSSR count). The summed E-state index contributed by atoms with van der Waals surface area (Å²) in [6, 6.07) is 8.26. The van der Waals surface area contributed by atoms with Gasteiger partial charge in [0.2, 0.25) is 9.84 Å². The first-order valence-corrected chi connectivity index (χ1v) is 7.66. The van der Waals surface area contributed by atoms with Crippen LogP contribution in [0.5, 0.6) is 0 Å². The number of hydrogen-bond acceptors (Lipinski definition) is 5. The summed E-state index contributed by atoms with van der Waals surface area (Å²) >= 11 is 1.23. The van der Waals surface area contributed by atoms with Gasteiger partial charge in [0.25, 0.3) is 0 Å². The normalized spacial score (nSPS) is 11.4. The van der Waals surface area contributed by atoms with Gasteiger partial charge in [-0.05, 0) is 12.1 Å². The van der Waals surface area contributed by atoms with Gasteiger partial charge in [0.15, 0.2) is 0 Å². The number of benzene rings is 1. The standard InChI is InChI=1S/C12H13NO3S2/c1-13-12-10(7-14)17-8-11(12)18(15,16)9-5-3-2-4-6-9/h2-6,8,13-14H,7H2,1H3. The van der Waals surface area contributed by atoms with Gasteiger partial charge in [-0.15, -0.1) is 11.3 Å². The van der Waals surface area contributed by atoms with Gasteiger partial charge in [-0.25, -0.2) is 8.42 Å². The molecule has 0 aliphatic heterocycles. The first-order valence-electron chi connectivity index (χ1n) is 5.30. The summed E-state index contributed by atoms with van der Waals surface area (Å²) < 4.78 is 24.9. The molecule has 0 saturated heterocycles. The quantitative estimate of drug-likeness (QED) is 0.902. The van der Waals surface area contributed by atoms with Crippen molar-refractivity contribution in [3.8, 4) is 0 Å². The lowest BCUT2D eigenvalue weighted by molar-refractivity contribution is 0.286. The number of hydrogen-bond donors (Lipinski definition) is 2. The molecule has 0 saturated carbocycles. The minimum absolute atomic E-state index is 0.175. The van der Waals surface area contributed by atoms with E-state index in [0.29, 0.717) is 10.6 Å². The van der Waals surface area contributed by atoms with E-state index in [4.69, 9.17) is 0 Å². The van der Waals surface area contributed by atoms with Crippen LogP contribution in [0.3, 0.4) is 0 Å². The zero-order valence-electron chi connectivity index (χ0n) is 9.75. The predicted molar refractivity (Wildman–Crippen MR) is 71.7 cm³/mol. The van der Waals surface area contributed by atoms with E-state index in [1.54, 1.807) is 42.8 Å². The van der Waals surface area contributed by atoms with Crippen molar-refractivity contribution in [2.75, 3.05) is 12.4 Å². The van der Waals surface area contributed by atoms with Crippen LogP contribution in [-0.2, 0) is 16.4 Å². The Bertz CT molecular complexity index is 633. The smallest absolute Gasteiger partial charge is 0.209 e. The Labute approximate surface area is 110 Å². The molecule has 0 unspecified atom stereocenters. The average Bonchev–Trinajstić information content (AvgIpc) is 2.83. The summed E-state index contributed by atoms with van der Waals surface area (Å²) in [5.74, 6) is 0. The molecule has 96 valence electrons. The van der Waals surface area contributed by atoms with Crippen molar-refractivity contribution in [3.05, 3.63) is 40.6 Å². The molecule has 6 heteroatoms. The highest BCUT2D eigenvalue weighted by Gasteiger charge is 2.24. The van der Waals surface area contributed by atoms with E-state index in [9.17, 15) is 13.5 Å². The molecule has 0 atom stereocenters. The van der Waals surface area contributed by atoms with Gasteiger partial charge in [-0.3, -0.25) is 0 Å². The molecule has 1 heterocycles. The molecule has 0 aliphatic rings. The van der Waals surface area contributed by atoms with Crippen molar-refractivity contribution < 1.29 is 13.5 Å². The molecular formula is C12H13NO3S2. The maximum Gasteiger partial charge on any atom is 0.209 e. The van der Waals surface area contributed by atoms with E-state index in [2.05, 4.69) is 5.32 Å². The van der Waals surface area contributed by atoms with Gasteiger partial charge in [-0.1, -0.05) is 18.2 Å². The van der Waals surface area contributed by atoms with Crippen molar-refractivity contribution in [1.82, 2.24) is 0 Å². The fraction of sp³-hybridized carbons (Fsp3) is 0.167. The SMILES string of the molecule is CNc1c(S(=O)(=O)c2ccccc2)csc1CO. The molecule has 4 nitrogen and oxygen atoms in total. The Kier molecular flexibility index (Phi) is 3.70. The summed E-state index contributed by atoms with van der Waals surface area (Å²) in [6.45, 7) is -0.175. The fourth-order valence-corrected chi connectivity index (χ4v) is 4.43. The van der Waals surface area contributed by atoms with Crippen molar-refractivity contribution >= 4 is 26.9 Å². The summed E-state index contributed by atoms with van der Waals surface area (Å²) in [6.07, 6.45) is 0. The van der Waals surface area contributed by atoms with Crippen LogP contribution < -0.4 is 5.32 Å². The first-order chi connectivity index (χ1) is 8.61. The molecule has 2 aromatic rings. The molecule has 0 radical (unpaired) electrons. The maximum absolute atomic E-state index is 12.4. The van der Waals surface area contributed by atoms with E-state index in [1.165, 1.54) is 11.3 Å². The number of nitrogens with one attached hydrogen (secondary N) is 1. The minimum atomic E-state index is -3.53. The second kappa shape index (κ2) is 5.09. The topological polar surface area (TPSA) is 66.4 Å². The Morgan fingerprint density at radius 1 is 1.28 bits per heavy atom. The number of thiophene rings is 1. The zero-order chi connectivity index (χ0) is 13.2.